The molecule has 0 atom stereocenters. The maximum atomic E-state index is 11.8. The minimum absolute atomic E-state index is 0.189. The van der Waals surface area contributed by atoms with Crippen molar-refractivity contribution in [3.05, 3.63) is 40.7 Å². The molecule has 3 N–H and O–H groups in total. The summed E-state index contributed by atoms with van der Waals surface area (Å²) in [5, 5.41) is 11.4. The van der Waals surface area contributed by atoms with E-state index in [1.54, 1.807) is 0 Å². The zero-order valence-electron chi connectivity index (χ0n) is 9.18. The smallest absolute Gasteiger partial charge is 0.290 e. The highest BCUT2D eigenvalue weighted by atomic mass is 16.1. The minimum atomic E-state index is -0.279. The van der Waals surface area contributed by atoms with E-state index in [1.165, 1.54) is 4.68 Å². The van der Waals surface area contributed by atoms with Crippen LogP contribution in [-0.4, -0.2) is 9.78 Å². The molecular weight excluding hydrogens is 216 g/mol. The molecule has 0 aliphatic carbocycles. The van der Waals surface area contributed by atoms with Gasteiger partial charge in [-0.3, -0.25) is 9.89 Å². The van der Waals surface area contributed by atoms with Gasteiger partial charge in [-0.25, -0.2) is 4.68 Å². The minimum Gasteiger partial charge on any atom is -0.392 e. The van der Waals surface area contributed by atoms with E-state index >= 15 is 0 Å². The lowest BCUT2D eigenvalue weighted by molar-refractivity contribution is 0.610. The molecule has 0 saturated heterocycles. The largest absolute Gasteiger partial charge is 0.392 e. The highest BCUT2D eigenvalue weighted by Crippen LogP contribution is 2.20. The number of nitrogens with one attached hydrogen (secondary N) is 1. The molecule has 5 nitrogen and oxygen atoms in total. The zero-order chi connectivity index (χ0) is 12.3. The van der Waals surface area contributed by atoms with E-state index in [4.69, 9.17) is 11.0 Å². The molecule has 86 valence electrons. The standard InChI is InChI=1S/C12H12N4O/c13-7-4-8-16-12(17)10(14)11(15-16)9-5-2-1-3-6-9/h1-3,5-6,15H,4,8,14H2. The van der Waals surface area contributed by atoms with Crippen LogP contribution >= 0.6 is 0 Å². The van der Waals surface area contributed by atoms with Crippen molar-refractivity contribution in [2.75, 3.05) is 5.73 Å². The summed E-state index contributed by atoms with van der Waals surface area (Å²) in [4.78, 5) is 11.8. The van der Waals surface area contributed by atoms with Gasteiger partial charge in [-0.15, -0.1) is 0 Å². The Kier molecular flexibility index (Phi) is 2.97. The highest BCUT2D eigenvalue weighted by Gasteiger charge is 2.11. The summed E-state index contributed by atoms with van der Waals surface area (Å²) in [7, 11) is 0. The van der Waals surface area contributed by atoms with Gasteiger partial charge in [-0.2, -0.15) is 5.26 Å². The third-order valence-electron chi connectivity index (χ3n) is 2.50. The number of nitrogen functional groups attached to an aromatic ring is 1. The molecule has 2 rings (SSSR count). The van der Waals surface area contributed by atoms with Crippen LogP contribution in [0.4, 0.5) is 5.69 Å². The number of aromatic amines is 1. The first-order chi connectivity index (χ1) is 8.24. The van der Waals surface area contributed by atoms with E-state index < -0.39 is 0 Å². The first kappa shape index (κ1) is 11.0. The predicted molar refractivity (Wildman–Crippen MR) is 65.1 cm³/mol. The molecule has 0 aliphatic rings. The number of rotatable bonds is 3. The van der Waals surface area contributed by atoms with Crippen LogP contribution in [0.5, 0.6) is 0 Å². The van der Waals surface area contributed by atoms with E-state index in [0.717, 1.165) is 5.56 Å². The second-order valence-corrected chi connectivity index (χ2v) is 3.63. The molecule has 0 bridgehead atoms. The average Bonchev–Trinajstić information content (AvgIpc) is 2.65. The van der Waals surface area contributed by atoms with Crippen molar-refractivity contribution in [3.63, 3.8) is 0 Å². The third kappa shape index (κ3) is 2.06. The Hall–Kier alpha value is -2.48. The van der Waals surface area contributed by atoms with Gasteiger partial charge in [0.1, 0.15) is 5.69 Å². The van der Waals surface area contributed by atoms with Gasteiger partial charge in [0.05, 0.1) is 24.7 Å². The van der Waals surface area contributed by atoms with Crippen molar-refractivity contribution < 1.29 is 0 Å². The van der Waals surface area contributed by atoms with Crippen LogP contribution in [0, 0.1) is 11.3 Å². The number of benzene rings is 1. The van der Waals surface area contributed by atoms with Crippen molar-refractivity contribution in [2.24, 2.45) is 0 Å². The van der Waals surface area contributed by atoms with Crippen molar-refractivity contribution >= 4 is 5.69 Å². The molecule has 1 aromatic carbocycles. The normalized spacial score (nSPS) is 10.1. The first-order valence-corrected chi connectivity index (χ1v) is 5.24. The van der Waals surface area contributed by atoms with Gasteiger partial charge in [-0.1, -0.05) is 30.3 Å². The Morgan fingerprint density at radius 1 is 1.35 bits per heavy atom. The summed E-state index contributed by atoms with van der Waals surface area (Å²) in [6.07, 6.45) is 0.272. The number of anilines is 1. The number of aromatic nitrogens is 2. The zero-order valence-corrected chi connectivity index (χ0v) is 9.18. The topological polar surface area (TPSA) is 87.6 Å². The van der Waals surface area contributed by atoms with Gasteiger partial charge in [0.15, 0.2) is 0 Å². The van der Waals surface area contributed by atoms with Crippen LogP contribution < -0.4 is 11.3 Å². The lowest BCUT2D eigenvalue weighted by Gasteiger charge is -1.99. The summed E-state index contributed by atoms with van der Waals surface area (Å²) >= 11 is 0. The van der Waals surface area contributed by atoms with Crippen LogP contribution in [0.15, 0.2) is 35.1 Å². The van der Waals surface area contributed by atoms with Gasteiger partial charge in [0, 0.05) is 5.56 Å². The molecule has 1 heterocycles. The van der Waals surface area contributed by atoms with Crippen molar-refractivity contribution in [1.29, 1.82) is 5.26 Å². The fourth-order valence-corrected chi connectivity index (χ4v) is 1.64. The Morgan fingerprint density at radius 3 is 2.71 bits per heavy atom. The van der Waals surface area contributed by atoms with Crippen molar-refractivity contribution in [1.82, 2.24) is 9.78 Å². The molecule has 0 aliphatic heterocycles. The molecule has 0 amide bonds. The molecule has 0 radical (unpaired) electrons. The number of nitrogens with zero attached hydrogens (tertiary/aromatic N) is 2. The highest BCUT2D eigenvalue weighted by molar-refractivity contribution is 5.71. The molecule has 1 aromatic heterocycles. The lowest BCUT2D eigenvalue weighted by Crippen LogP contribution is -2.18. The predicted octanol–water partition coefficient (Wildman–Crippen LogP) is 1.34. The summed E-state index contributed by atoms with van der Waals surface area (Å²) in [5.74, 6) is 0. The maximum absolute atomic E-state index is 11.8. The van der Waals surface area contributed by atoms with E-state index in [1.807, 2.05) is 36.4 Å². The second-order valence-electron chi connectivity index (χ2n) is 3.63. The summed E-state index contributed by atoms with van der Waals surface area (Å²) in [6.45, 7) is 0.326. The Labute approximate surface area is 98.1 Å². The molecule has 2 aromatic rings. The molecule has 0 unspecified atom stereocenters. The van der Waals surface area contributed by atoms with Gasteiger partial charge in [0.25, 0.3) is 5.56 Å². The van der Waals surface area contributed by atoms with Crippen molar-refractivity contribution in [2.45, 2.75) is 13.0 Å². The number of hydrogen-bond acceptors (Lipinski definition) is 3. The lowest BCUT2D eigenvalue weighted by atomic mass is 10.1. The molecule has 17 heavy (non-hydrogen) atoms. The van der Waals surface area contributed by atoms with Crippen LogP contribution in [0.25, 0.3) is 11.3 Å². The molecular formula is C12H12N4O. The average molecular weight is 228 g/mol. The number of hydrogen-bond donors (Lipinski definition) is 2. The van der Waals surface area contributed by atoms with Gasteiger partial charge < -0.3 is 5.73 Å². The van der Waals surface area contributed by atoms with E-state index in [0.29, 0.717) is 12.2 Å². The maximum Gasteiger partial charge on any atom is 0.290 e. The fourth-order valence-electron chi connectivity index (χ4n) is 1.64. The first-order valence-electron chi connectivity index (χ1n) is 5.24. The van der Waals surface area contributed by atoms with E-state index in [-0.39, 0.29) is 17.7 Å². The SMILES string of the molecule is N#CCCn1[nH]c(-c2ccccc2)c(N)c1=O. The summed E-state index contributed by atoms with van der Waals surface area (Å²) < 4.78 is 1.36. The summed E-state index contributed by atoms with van der Waals surface area (Å²) in [6, 6.07) is 11.4. The van der Waals surface area contributed by atoms with Crippen LogP contribution in [0.1, 0.15) is 6.42 Å². The quantitative estimate of drug-likeness (QED) is 0.830. The monoisotopic (exact) mass is 228 g/mol. The molecule has 0 saturated carbocycles. The molecule has 0 fully saturated rings. The molecule has 0 spiro atoms. The Balaban J connectivity index is 2.44. The van der Waals surface area contributed by atoms with Crippen LogP contribution in [0.2, 0.25) is 0 Å². The Morgan fingerprint density at radius 2 is 2.06 bits per heavy atom. The van der Waals surface area contributed by atoms with Gasteiger partial charge in [-0.05, 0) is 0 Å². The molecule has 5 heteroatoms. The fraction of sp³-hybridized carbons (Fsp3) is 0.167. The van der Waals surface area contributed by atoms with Crippen molar-refractivity contribution in [3.8, 4) is 17.3 Å². The summed E-state index contributed by atoms with van der Waals surface area (Å²) in [5.41, 5.74) is 7.13. The Bertz CT molecular complexity index is 604. The number of nitriles is 1. The number of aryl methyl sites for hydroxylation is 1. The van der Waals surface area contributed by atoms with Crippen LogP contribution in [0.3, 0.4) is 0 Å². The van der Waals surface area contributed by atoms with E-state index in [9.17, 15) is 4.79 Å². The van der Waals surface area contributed by atoms with Gasteiger partial charge in [0.2, 0.25) is 0 Å². The second kappa shape index (κ2) is 4.58. The third-order valence-corrected chi connectivity index (χ3v) is 2.50. The van der Waals surface area contributed by atoms with Gasteiger partial charge >= 0.3 is 0 Å². The van der Waals surface area contributed by atoms with Crippen LogP contribution in [-0.2, 0) is 6.54 Å². The van der Waals surface area contributed by atoms with E-state index in [2.05, 4.69) is 5.10 Å². The number of H-pyrrole nitrogens is 1. The number of nitrogens with two attached hydrogens (primary N) is 1.